The van der Waals surface area contributed by atoms with Crippen LogP contribution in [0.2, 0.25) is 0 Å². The summed E-state index contributed by atoms with van der Waals surface area (Å²) < 4.78 is 0. The molecule has 2 heterocycles. The van der Waals surface area contributed by atoms with Crippen molar-refractivity contribution in [3.63, 3.8) is 0 Å². The van der Waals surface area contributed by atoms with Crippen LogP contribution in [-0.2, 0) is 10.2 Å². The Labute approximate surface area is 176 Å². The molecule has 2 saturated heterocycles. The predicted molar refractivity (Wildman–Crippen MR) is 118 cm³/mol. The lowest BCUT2D eigenvalue weighted by atomic mass is 9.70. The van der Waals surface area contributed by atoms with Crippen LogP contribution in [0.15, 0.2) is 30.3 Å². The number of likely N-dealkylation sites (tertiary alicyclic amines) is 2. The van der Waals surface area contributed by atoms with Crippen molar-refractivity contribution in [3.8, 4) is 0 Å². The van der Waals surface area contributed by atoms with Gasteiger partial charge < -0.3 is 4.90 Å². The summed E-state index contributed by atoms with van der Waals surface area (Å²) in [6.45, 7) is 7.43. The molecule has 158 valence electrons. The summed E-state index contributed by atoms with van der Waals surface area (Å²) in [6, 6.07) is 12.1. The maximum atomic E-state index is 12.9. The third kappa shape index (κ3) is 3.15. The van der Waals surface area contributed by atoms with Crippen molar-refractivity contribution in [3.05, 3.63) is 35.9 Å². The van der Waals surface area contributed by atoms with Gasteiger partial charge in [-0.3, -0.25) is 9.69 Å². The van der Waals surface area contributed by atoms with E-state index in [0.717, 1.165) is 50.7 Å². The fourth-order valence-electron chi connectivity index (χ4n) is 7.11. The van der Waals surface area contributed by atoms with E-state index in [-0.39, 0.29) is 11.3 Å². The van der Waals surface area contributed by atoms with Crippen LogP contribution in [-0.4, -0.2) is 46.9 Å². The third-order valence-corrected chi connectivity index (χ3v) is 9.16. The first-order valence-corrected chi connectivity index (χ1v) is 12.3. The molecular weight excluding hydrogens is 356 g/mol. The van der Waals surface area contributed by atoms with Gasteiger partial charge in [-0.25, -0.2) is 0 Å². The van der Waals surface area contributed by atoms with Crippen LogP contribution in [0.25, 0.3) is 0 Å². The zero-order valence-corrected chi connectivity index (χ0v) is 18.4. The van der Waals surface area contributed by atoms with E-state index in [1.807, 2.05) is 0 Å². The maximum Gasteiger partial charge on any atom is 0.225 e. The number of nitrogens with zero attached hydrogens (tertiary/aromatic N) is 2. The molecule has 2 saturated carbocycles. The van der Waals surface area contributed by atoms with E-state index >= 15 is 0 Å². The second-order valence-corrected chi connectivity index (χ2v) is 10.3. The molecule has 1 aromatic rings. The number of piperidine rings is 1. The molecule has 0 radical (unpaired) electrons. The van der Waals surface area contributed by atoms with Crippen molar-refractivity contribution in [2.75, 3.05) is 19.6 Å². The Hall–Kier alpha value is -1.35. The van der Waals surface area contributed by atoms with Crippen molar-refractivity contribution < 1.29 is 4.79 Å². The molecule has 4 fully saturated rings. The minimum Gasteiger partial charge on any atom is -0.342 e. The van der Waals surface area contributed by atoms with Crippen molar-refractivity contribution in [1.29, 1.82) is 0 Å². The molecule has 5 rings (SSSR count). The molecule has 0 bridgehead atoms. The summed E-state index contributed by atoms with van der Waals surface area (Å²) in [5, 5.41) is 0. The second kappa shape index (κ2) is 7.41. The van der Waals surface area contributed by atoms with E-state index < -0.39 is 0 Å². The first-order chi connectivity index (χ1) is 14.1. The highest BCUT2D eigenvalue weighted by Gasteiger charge is 2.76. The third-order valence-electron chi connectivity index (χ3n) is 9.16. The van der Waals surface area contributed by atoms with Gasteiger partial charge >= 0.3 is 0 Å². The van der Waals surface area contributed by atoms with Crippen molar-refractivity contribution in [1.82, 2.24) is 9.80 Å². The smallest absolute Gasteiger partial charge is 0.225 e. The Morgan fingerprint density at radius 1 is 1.10 bits per heavy atom. The molecule has 0 N–H and O–H groups in total. The fourth-order valence-corrected chi connectivity index (χ4v) is 7.11. The second-order valence-electron chi connectivity index (χ2n) is 10.3. The molecular formula is C26H38N2O. The number of benzene rings is 1. The summed E-state index contributed by atoms with van der Waals surface area (Å²) in [7, 11) is 0. The van der Waals surface area contributed by atoms with Gasteiger partial charge in [-0.1, -0.05) is 50.6 Å². The number of hydrogen-bond acceptors (Lipinski definition) is 2. The van der Waals surface area contributed by atoms with Gasteiger partial charge in [0.25, 0.3) is 0 Å². The summed E-state index contributed by atoms with van der Waals surface area (Å²) in [6.07, 6.45) is 11.3. The Bertz CT molecular complexity index is 734. The number of carbonyl (C=O) groups is 1. The van der Waals surface area contributed by atoms with Crippen LogP contribution < -0.4 is 0 Å². The topological polar surface area (TPSA) is 23.3 Å². The molecule has 3 heteroatoms. The lowest BCUT2D eigenvalue weighted by Crippen LogP contribution is -2.47. The zero-order valence-electron chi connectivity index (χ0n) is 18.4. The fraction of sp³-hybridized carbons (Fsp3) is 0.731. The zero-order chi connectivity index (χ0) is 20.1. The van der Waals surface area contributed by atoms with Gasteiger partial charge in [0.1, 0.15) is 0 Å². The highest BCUT2D eigenvalue weighted by molar-refractivity contribution is 5.78. The Morgan fingerprint density at radius 2 is 1.83 bits per heavy atom. The number of hydrogen-bond donors (Lipinski definition) is 0. The van der Waals surface area contributed by atoms with E-state index in [4.69, 9.17) is 0 Å². The van der Waals surface area contributed by atoms with E-state index in [2.05, 4.69) is 54.0 Å². The van der Waals surface area contributed by atoms with Crippen LogP contribution in [0.5, 0.6) is 0 Å². The van der Waals surface area contributed by atoms with Gasteiger partial charge in [0.2, 0.25) is 5.91 Å². The van der Waals surface area contributed by atoms with Crippen LogP contribution in [0, 0.1) is 11.8 Å². The molecule has 1 amide bonds. The van der Waals surface area contributed by atoms with Crippen molar-refractivity contribution >= 4 is 5.91 Å². The van der Waals surface area contributed by atoms with Gasteiger partial charge in [0, 0.05) is 30.6 Å². The number of rotatable bonds is 7. The number of carbonyl (C=O) groups excluding carboxylic acids is 1. The predicted octanol–water partition coefficient (Wildman–Crippen LogP) is 5.00. The number of amides is 1. The monoisotopic (exact) mass is 394 g/mol. The highest BCUT2D eigenvalue weighted by atomic mass is 16.2. The van der Waals surface area contributed by atoms with Gasteiger partial charge in [-0.15, -0.1) is 0 Å². The van der Waals surface area contributed by atoms with E-state index in [1.165, 1.54) is 44.2 Å². The van der Waals surface area contributed by atoms with E-state index in [1.54, 1.807) is 0 Å². The Kier molecular flexibility index (Phi) is 5.01. The van der Waals surface area contributed by atoms with Gasteiger partial charge in [-0.2, -0.15) is 0 Å². The maximum absolute atomic E-state index is 12.9. The lowest BCUT2D eigenvalue weighted by Gasteiger charge is -2.43. The van der Waals surface area contributed by atoms with Gasteiger partial charge in [0.15, 0.2) is 0 Å². The molecule has 4 aliphatic rings. The van der Waals surface area contributed by atoms with Crippen LogP contribution in [0.4, 0.5) is 0 Å². The molecule has 29 heavy (non-hydrogen) atoms. The standard InChI is InChI=1S/C26H38N2O/c1-3-20(4-2)24(29)27-16-13-25(14-17-27,21-9-6-5-7-10-21)15-18-28-23-12-8-11-22-19-26(22,23)28/h5-7,9-10,20,22-23H,3-4,8,11-19H2,1-2H3. The molecule has 4 atom stereocenters. The SMILES string of the molecule is CCC(CC)C(=O)N1CCC(CCN2C3CCCC4CC432)(c2ccccc2)CC1. The average molecular weight is 395 g/mol. The molecule has 1 spiro atoms. The molecule has 4 unspecified atom stereocenters. The van der Waals surface area contributed by atoms with Crippen LogP contribution >= 0.6 is 0 Å². The largest absolute Gasteiger partial charge is 0.342 e. The van der Waals surface area contributed by atoms with E-state index in [9.17, 15) is 4.79 Å². The molecule has 2 aliphatic carbocycles. The Balaban J connectivity index is 1.28. The van der Waals surface area contributed by atoms with E-state index in [0.29, 0.717) is 11.4 Å². The molecule has 2 aliphatic heterocycles. The van der Waals surface area contributed by atoms with Crippen LogP contribution in [0.1, 0.15) is 77.2 Å². The summed E-state index contributed by atoms with van der Waals surface area (Å²) in [5.74, 6) is 1.63. The lowest BCUT2D eigenvalue weighted by molar-refractivity contribution is -0.137. The van der Waals surface area contributed by atoms with Gasteiger partial charge in [0.05, 0.1) is 0 Å². The summed E-state index contributed by atoms with van der Waals surface area (Å²) in [4.78, 5) is 18.0. The summed E-state index contributed by atoms with van der Waals surface area (Å²) in [5.41, 5.74) is 2.41. The first-order valence-electron chi connectivity index (χ1n) is 12.3. The first kappa shape index (κ1) is 19.6. The Morgan fingerprint density at radius 3 is 2.48 bits per heavy atom. The summed E-state index contributed by atoms with van der Waals surface area (Å²) >= 11 is 0. The average Bonchev–Trinajstić information content (AvgIpc) is 3.65. The molecule has 1 aromatic carbocycles. The molecule has 3 nitrogen and oxygen atoms in total. The minimum absolute atomic E-state index is 0.214. The quantitative estimate of drug-likeness (QED) is 0.608. The minimum atomic E-state index is 0.214. The van der Waals surface area contributed by atoms with Crippen molar-refractivity contribution in [2.24, 2.45) is 11.8 Å². The normalized spacial score (nSPS) is 34.4. The molecule has 0 aromatic heterocycles. The highest BCUT2D eigenvalue weighted by Crippen LogP contribution is 2.70. The van der Waals surface area contributed by atoms with Gasteiger partial charge in [-0.05, 0) is 74.8 Å². The van der Waals surface area contributed by atoms with Crippen LogP contribution in [0.3, 0.4) is 0 Å². The van der Waals surface area contributed by atoms with Crippen molar-refractivity contribution in [2.45, 2.75) is 88.6 Å².